The number of para-hydroxylation sites is 1. The lowest BCUT2D eigenvalue weighted by Gasteiger charge is -2.45. The Kier molecular flexibility index (Phi) is 12.8. The molecular formula is C25H35Cl2N3O4S. The number of ether oxygens (including phenoxy) is 2. The zero-order chi connectivity index (χ0) is 22.9. The van der Waals surface area contributed by atoms with Gasteiger partial charge in [0.15, 0.2) is 0 Å². The summed E-state index contributed by atoms with van der Waals surface area (Å²) in [6.45, 7) is 7.61. The molecule has 0 amide bonds. The van der Waals surface area contributed by atoms with Gasteiger partial charge in [-0.2, -0.15) is 0 Å². The number of nitrogens with zero attached hydrogens (tertiary/aromatic N) is 3. The van der Waals surface area contributed by atoms with Crippen LogP contribution in [-0.2, 0) is 9.47 Å². The molecule has 1 fully saturated rings. The van der Waals surface area contributed by atoms with Crippen molar-refractivity contribution in [1.82, 2.24) is 4.90 Å². The maximum Gasteiger partial charge on any atom is 0.138 e. The number of benzene rings is 2. The van der Waals surface area contributed by atoms with Gasteiger partial charge in [-0.25, -0.2) is 4.99 Å². The number of amidine groups is 1. The van der Waals surface area contributed by atoms with E-state index in [9.17, 15) is 0 Å². The molecule has 0 radical (unpaired) electrons. The fourth-order valence-electron chi connectivity index (χ4n) is 4.42. The van der Waals surface area contributed by atoms with Crippen LogP contribution >= 0.6 is 24.2 Å². The van der Waals surface area contributed by atoms with Crippen LogP contribution in [0.3, 0.4) is 0 Å². The van der Waals surface area contributed by atoms with Gasteiger partial charge in [-0.1, -0.05) is 42.1 Å². The zero-order valence-electron chi connectivity index (χ0n) is 19.9. The third-order valence-electron chi connectivity index (χ3n) is 6.32. The van der Waals surface area contributed by atoms with Gasteiger partial charge in [-0.15, -0.1) is 12.4 Å². The maximum atomic E-state index is 9.02. The second-order valence-corrected chi connectivity index (χ2v) is 9.48. The van der Waals surface area contributed by atoms with Gasteiger partial charge in [0.1, 0.15) is 18.9 Å². The molecule has 35 heavy (non-hydrogen) atoms. The summed E-state index contributed by atoms with van der Waals surface area (Å²) in [5.74, 6) is 1.05. The van der Waals surface area contributed by atoms with Gasteiger partial charge < -0.3 is 41.5 Å². The van der Waals surface area contributed by atoms with Crippen LogP contribution in [0.15, 0.2) is 63.3 Å². The molecule has 0 aliphatic carbocycles. The summed E-state index contributed by atoms with van der Waals surface area (Å²) in [5, 5.41) is 18.0. The summed E-state index contributed by atoms with van der Waals surface area (Å²) in [4.78, 5) is 9.98. The monoisotopic (exact) mass is 543 g/mol. The molecule has 0 atom stereocenters. The standard InChI is InChI=1S/C25H34N3O4S.2ClH/c29-15-19-31-17-13-28(14-18-32-20-16-30)11-9-27(10-12-28)25-21-5-1-3-7-23(21)33-24-8-4-2-6-22(24)26-25;;/h1-8,29-30H,9-20H2;2*1H/q+1;;/p-1. The van der Waals surface area contributed by atoms with Crippen LogP contribution in [0.4, 0.5) is 5.69 Å². The molecule has 2 aliphatic rings. The largest absolute Gasteiger partial charge is 1.00 e. The molecule has 7 nitrogen and oxygen atoms in total. The highest BCUT2D eigenvalue weighted by atomic mass is 35.5. The van der Waals surface area contributed by atoms with E-state index in [2.05, 4.69) is 47.4 Å². The third-order valence-corrected chi connectivity index (χ3v) is 7.46. The molecule has 10 heteroatoms. The lowest BCUT2D eigenvalue weighted by atomic mass is 10.1. The molecule has 0 aromatic heterocycles. The van der Waals surface area contributed by atoms with Gasteiger partial charge >= 0.3 is 0 Å². The van der Waals surface area contributed by atoms with Gasteiger partial charge in [-0.3, -0.25) is 0 Å². The molecule has 2 N–H and O–H groups in total. The Labute approximate surface area is 224 Å². The minimum Gasteiger partial charge on any atom is -1.00 e. The second kappa shape index (κ2) is 15.0. The van der Waals surface area contributed by atoms with E-state index in [0.717, 1.165) is 55.3 Å². The van der Waals surface area contributed by atoms with Crippen molar-refractivity contribution in [3.63, 3.8) is 0 Å². The summed E-state index contributed by atoms with van der Waals surface area (Å²) in [7, 11) is 0. The number of halogens is 2. The Morgan fingerprint density at radius 3 is 2.03 bits per heavy atom. The molecule has 194 valence electrons. The molecule has 2 aromatic carbocycles. The maximum absolute atomic E-state index is 9.02. The Morgan fingerprint density at radius 2 is 1.40 bits per heavy atom. The number of quaternary nitrogens is 1. The zero-order valence-corrected chi connectivity index (χ0v) is 22.2. The highest BCUT2D eigenvalue weighted by Crippen LogP contribution is 2.40. The highest BCUT2D eigenvalue weighted by molar-refractivity contribution is 7.99. The topological polar surface area (TPSA) is 74.5 Å². The summed E-state index contributed by atoms with van der Waals surface area (Å²) >= 11 is 1.78. The Hall–Kier alpha value is -1.36. The van der Waals surface area contributed by atoms with E-state index in [1.807, 2.05) is 6.07 Å². The Bertz CT molecular complexity index is 928. The van der Waals surface area contributed by atoms with Crippen molar-refractivity contribution in [2.24, 2.45) is 4.99 Å². The normalized spacial score (nSPS) is 16.2. The number of aliphatic hydroxyl groups excluding tert-OH is 2. The minimum atomic E-state index is 0. The first-order valence-electron chi connectivity index (χ1n) is 11.7. The van der Waals surface area contributed by atoms with E-state index in [0.29, 0.717) is 26.4 Å². The number of rotatable bonds is 10. The molecule has 4 rings (SSSR count). The van der Waals surface area contributed by atoms with Crippen molar-refractivity contribution < 1.29 is 36.6 Å². The third kappa shape index (κ3) is 7.81. The molecule has 1 saturated heterocycles. The van der Waals surface area contributed by atoms with Crippen molar-refractivity contribution in [2.45, 2.75) is 9.79 Å². The summed E-state index contributed by atoms with van der Waals surface area (Å²) < 4.78 is 12.1. The van der Waals surface area contributed by atoms with Crippen LogP contribution in [0.1, 0.15) is 5.56 Å². The lowest BCUT2D eigenvalue weighted by Crippen LogP contribution is -3.00. The van der Waals surface area contributed by atoms with Gasteiger partial charge in [0.2, 0.25) is 0 Å². The first kappa shape index (κ1) is 29.9. The number of piperazine rings is 1. The van der Waals surface area contributed by atoms with Gasteiger partial charge in [-0.05, 0) is 18.2 Å². The number of hydrogen-bond acceptors (Lipinski definition) is 7. The second-order valence-electron chi connectivity index (χ2n) is 8.40. The minimum absolute atomic E-state index is 0. The van der Waals surface area contributed by atoms with Gasteiger partial charge in [0.05, 0.1) is 71.5 Å². The SMILES string of the molecule is Cl.OCCOCC[N+]1(CCOCCO)CCN(C2=Nc3ccccc3Sc3ccccc32)CC1.[Cl-]. The van der Waals surface area contributed by atoms with Crippen LogP contribution in [0.5, 0.6) is 0 Å². The van der Waals surface area contributed by atoms with E-state index in [-0.39, 0.29) is 38.0 Å². The van der Waals surface area contributed by atoms with Crippen molar-refractivity contribution in [2.75, 3.05) is 78.9 Å². The van der Waals surface area contributed by atoms with E-state index < -0.39 is 0 Å². The van der Waals surface area contributed by atoms with Crippen molar-refractivity contribution in [1.29, 1.82) is 0 Å². The highest BCUT2D eigenvalue weighted by Gasteiger charge is 2.35. The summed E-state index contributed by atoms with van der Waals surface area (Å²) in [6.07, 6.45) is 0. The van der Waals surface area contributed by atoms with E-state index in [1.54, 1.807) is 11.8 Å². The quantitative estimate of drug-likeness (QED) is 0.319. The average Bonchev–Trinajstić information content (AvgIpc) is 3.02. The lowest BCUT2D eigenvalue weighted by molar-refractivity contribution is -0.932. The van der Waals surface area contributed by atoms with Crippen LogP contribution in [0.2, 0.25) is 0 Å². The van der Waals surface area contributed by atoms with Crippen molar-refractivity contribution >= 4 is 35.7 Å². The smallest absolute Gasteiger partial charge is 0.138 e. The molecule has 0 saturated carbocycles. The Morgan fingerprint density at radius 1 is 0.829 bits per heavy atom. The number of hydrogen-bond donors (Lipinski definition) is 2. The van der Waals surface area contributed by atoms with Crippen LogP contribution in [0.25, 0.3) is 0 Å². The summed E-state index contributed by atoms with van der Waals surface area (Å²) in [5.41, 5.74) is 2.21. The van der Waals surface area contributed by atoms with Crippen molar-refractivity contribution in [3.05, 3.63) is 54.1 Å². The molecule has 0 spiro atoms. The fraction of sp³-hybridized carbons (Fsp3) is 0.480. The van der Waals surface area contributed by atoms with E-state index >= 15 is 0 Å². The van der Waals surface area contributed by atoms with Crippen LogP contribution in [0, 0.1) is 0 Å². The summed E-state index contributed by atoms with van der Waals surface area (Å²) in [6, 6.07) is 16.9. The van der Waals surface area contributed by atoms with Crippen LogP contribution in [-0.4, -0.2) is 104 Å². The molecule has 2 aliphatic heterocycles. The molecule has 0 bridgehead atoms. The first-order chi connectivity index (χ1) is 16.2. The molecule has 2 aromatic rings. The average molecular weight is 545 g/mol. The van der Waals surface area contributed by atoms with Gasteiger partial charge in [0, 0.05) is 15.4 Å². The predicted molar refractivity (Wildman–Crippen MR) is 138 cm³/mol. The van der Waals surface area contributed by atoms with E-state index in [1.165, 1.54) is 15.4 Å². The van der Waals surface area contributed by atoms with E-state index in [4.69, 9.17) is 24.7 Å². The fourth-order valence-corrected chi connectivity index (χ4v) is 5.44. The Balaban J connectivity index is 0.00000216. The number of aliphatic hydroxyl groups is 2. The molecule has 2 heterocycles. The number of fused-ring (bicyclic) bond motifs is 2. The van der Waals surface area contributed by atoms with Gasteiger partial charge in [0.25, 0.3) is 0 Å². The molecular weight excluding hydrogens is 509 g/mol. The number of aliphatic imine (C=N–C) groups is 1. The first-order valence-corrected chi connectivity index (χ1v) is 12.5. The van der Waals surface area contributed by atoms with Crippen LogP contribution < -0.4 is 12.4 Å². The van der Waals surface area contributed by atoms with Crippen molar-refractivity contribution in [3.8, 4) is 0 Å². The predicted octanol–water partition coefficient (Wildman–Crippen LogP) is -0.194. The molecule has 0 unspecified atom stereocenters.